The molecule has 0 bridgehead atoms. The molecule has 92 valence electrons. The molecule has 3 aromatic rings. The highest BCUT2D eigenvalue weighted by molar-refractivity contribution is 6.28. The van der Waals surface area contributed by atoms with Crippen LogP contribution in [0.4, 0.5) is 0 Å². The van der Waals surface area contributed by atoms with Crippen molar-refractivity contribution in [3.63, 3.8) is 0 Å². The van der Waals surface area contributed by atoms with Crippen molar-refractivity contribution in [1.82, 2.24) is 15.0 Å². The van der Waals surface area contributed by atoms with E-state index in [2.05, 4.69) is 15.0 Å². The zero-order valence-corrected chi connectivity index (χ0v) is 10.5. The van der Waals surface area contributed by atoms with E-state index < -0.39 is 0 Å². The van der Waals surface area contributed by atoms with Crippen LogP contribution in [0.2, 0.25) is 5.28 Å². The maximum Gasteiger partial charge on any atom is 0.226 e. The van der Waals surface area contributed by atoms with Crippen LogP contribution in [0.1, 0.15) is 4.11 Å². The molecule has 0 saturated carbocycles. The number of hydrogen-bond acceptors (Lipinski definition) is 3. The number of rotatable bonds is 2. The monoisotopic (exact) mass is 270 g/mol. The summed E-state index contributed by atoms with van der Waals surface area (Å²) in [6, 6.07) is 12.1. The minimum Gasteiger partial charge on any atom is -0.208 e. The van der Waals surface area contributed by atoms with Crippen molar-refractivity contribution in [3.05, 3.63) is 65.9 Å². The number of hydrogen-bond donors (Lipinski definition) is 0. The Balaban J connectivity index is 2.19. The lowest BCUT2D eigenvalue weighted by Crippen LogP contribution is -1.96. The second kappa shape index (κ2) is 5.16. The quantitative estimate of drug-likeness (QED) is 0.710. The number of aromatic nitrogens is 3. The van der Waals surface area contributed by atoms with Crippen molar-refractivity contribution in [3.8, 4) is 22.8 Å². The SMILES string of the molecule is [2H]c1cc([2H])c(-c2nc(Cl)nc(-c3ccccc3)n2)c([2H])c1. The Hall–Kier alpha value is -2.26. The lowest BCUT2D eigenvalue weighted by Gasteiger charge is -2.04. The fourth-order valence-corrected chi connectivity index (χ4v) is 1.78. The number of nitrogens with zero attached hydrogens (tertiary/aromatic N) is 3. The Labute approximate surface area is 120 Å². The first-order chi connectivity index (χ1) is 10.5. The first kappa shape index (κ1) is 8.77. The zero-order chi connectivity index (χ0) is 15.7. The van der Waals surface area contributed by atoms with Gasteiger partial charge in [0.1, 0.15) is 0 Å². The van der Waals surface area contributed by atoms with E-state index >= 15 is 0 Å². The molecule has 0 fully saturated rings. The summed E-state index contributed by atoms with van der Waals surface area (Å²) in [4.78, 5) is 12.4. The molecular weight excluding hydrogens is 258 g/mol. The molecule has 0 aliphatic carbocycles. The Morgan fingerprint density at radius 3 is 2.11 bits per heavy atom. The highest BCUT2D eigenvalue weighted by Gasteiger charge is 2.08. The molecule has 3 rings (SSSR count). The first-order valence-electron chi connectivity index (χ1n) is 7.10. The molecule has 1 aromatic heterocycles. The van der Waals surface area contributed by atoms with E-state index in [9.17, 15) is 0 Å². The largest absolute Gasteiger partial charge is 0.226 e. The van der Waals surface area contributed by atoms with Crippen LogP contribution in [-0.2, 0) is 0 Å². The van der Waals surface area contributed by atoms with E-state index in [1.165, 1.54) is 12.1 Å². The first-order valence-corrected chi connectivity index (χ1v) is 5.97. The predicted octanol–water partition coefficient (Wildman–Crippen LogP) is 3.86. The van der Waals surface area contributed by atoms with Gasteiger partial charge in [-0.1, -0.05) is 60.6 Å². The Bertz CT molecular complexity index is 818. The molecule has 0 N–H and O–H groups in total. The van der Waals surface area contributed by atoms with E-state index in [0.717, 1.165) is 5.56 Å². The van der Waals surface area contributed by atoms with Gasteiger partial charge in [0, 0.05) is 11.1 Å². The smallest absolute Gasteiger partial charge is 0.208 e. The van der Waals surface area contributed by atoms with Gasteiger partial charge in [-0.3, -0.25) is 0 Å². The van der Waals surface area contributed by atoms with E-state index in [4.69, 9.17) is 15.7 Å². The summed E-state index contributed by atoms with van der Waals surface area (Å²) < 4.78 is 23.4. The zero-order valence-electron chi connectivity index (χ0n) is 12.8. The number of halogens is 1. The molecular formula is C15H10ClN3. The molecule has 3 nitrogen and oxygen atoms in total. The summed E-state index contributed by atoms with van der Waals surface area (Å²) in [5, 5.41) is -0.00222. The van der Waals surface area contributed by atoms with E-state index in [0.29, 0.717) is 5.82 Å². The van der Waals surface area contributed by atoms with Gasteiger partial charge in [0.05, 0.1) is 4.11 Å². The lowest BCUT2D eigenvalue weighted by molar-refractivity contribution is 1.07. The molecule has 0 saturated heterocycles. The minimum absolute atomic E-state index is 0.00222. The van der Waals surface area contributed by atoms with Crippen molar-refractivity contribution in [2.75, 3.05) is 0 Å². The van der Waals surface area contributed by atoms with Gasteiger partial charge in [-0.05, 0) is 11.6 Å². The van der Waals surface area contributed by atoms with Crippen molar-refractivity contribution in [2.24, 2.45) is 0 Å². The van der Waals surface area contributed by atoms with Gasteiger partial charge in [0.15, 0.2) is 11.6 Å². The highest BCUT2D eigenvalue weighted by Crippen LogP contribution is 2.21. The van der Waals surface area contributed by atoms with Crippen LogP contribution in [0.25, 0.3) is 22.8 Å². The molecule has 2 aromatic carbocycles. The standard InChI is InChI=1S/C15H10ClN3/c16-15-18-13(11-7-3-1-4-8-11)17-14(19-15)12-9-5-2-6-10-12/h1-10H/i1D,7D,8D. The van der Waals surface area contributed by atoms with Crippen molar-refractivity contribution >= 4 is 11.6 Å². The van der Waals surface area contributed by atoms with Crippen LogP contribution in [0.5, 0.6) is 0 Å². The van der Waals surface area contributed by atoms with Crippen LogP contribution < -0.4 is 0 Å². The third-order valence-corrected chi connectivity index (χ3v) is 2.63. The van der Waals surface area contributed by atoms with Gasteiger partial charge < -0.3 is 0 Å². The van der Waals surface area contributed by atoms with E-state index in [1.54, 1.807) is 0 Å². The fourth-order valence-electron chi connectivity index (χ4n) is 1.62. The van der Waals surface area contributed by atoms with Crippen LogP contribution in [0.15, 0.2) is 60.6 Å². The third-order valence-electron chi connectivity index (χ3n) is 2.46. The Morgan fingerprint density at radius 1 is 0.789 bits per heavy atom. The molecule has 0 radical (unpaired) electrons. The van der Waals surface area contributed by atoms with Gasteiger partial charge >= 0.3 is 0 Å². The molecule has 0 atom stereocenters. The van der Waals surface area contributed by atoms with Gasteiger partial charge in [0.25, 0.3) is 0 Å². The van der Waals surface area contributed by atoms with Crippen LogP contribution in [0.3, 0.4) is 0 Å². The molecule has 0 spiro atoms. The third kappa shape index (κ3) is 2.61. The summed E-state index contributed by atoms with van der Waals surface area (Å²) in [5.41, 5.74) is 1.00. The summed E-state index contributed by atoms with van der Waals surface area (Å²) in [5.74, 6) is 0.540. The molecule has 0 unspecified atom stereocenters. The average Bonchev–Trinajstić information content (AvgIpc) is 2.46. The second-order valence-electron chi connectivity index (χ2n) is 3.74. The molecule has 0 amide bonds. The Morgan fingerprint density at radius 2 is 1.42 bits per heavy atom. The maximum absolute atomic E-state index is 7.95. The van der Waals surface area contributed by atoms with E-state index in [1.807, 2.05) is 30.3 Å². The summed E-state index contributed by atoms with van der Waals surface area (Å²) in [6.45, 7) is 0. The fraction of sp³-hybridized carbons (Fsp3) is 0. The molecule has 0 aliphatic rings. The van der Waals surface area contributed by atoms with Gasteiger partial charge in [0.2, 0.25) is 5.28 Å². The molecule has 19 heavy (non-hydrogen) atoms. The van der Waals surface area contributed by atoms with Gasteiger partial charge in [-0.25, -0.2) is 4.98 Å². The van der Waals surface area contributed by atoms with Crippen molar-refractivity contribution in [1.29, 1.82) is 0 Å². The summed E-state index contributed by atoms with van der Waals surface area (Å²) in [7, 11) is 0. The minimum atomic E-state index is -0.00222. The highest BCUT2D eigenvalue weighted by atomic mass is 35.5. The lowest BCUT2D eigenvalue weighted by atomic mass is 10.2. The summed E-state index contributed by atoms with van der Waals surface area (Å²) in [6.07, 6.45) is 0. The van der Waals surface area contributed by atoms with Gasteiger partial charge in [-0.2, -0.15) is 9.97 Å². The van der Waals surface area contributed by atoms with Crippen LogP contribution >= 0.6 is 11.6 Å². The van der Waals surface area contributed by atoms with Gasteiger partial charge in [-0.15, -0.1) is 0 Å². The van der Waals surface area contributed by atoms with Crippen LogP contribution in [0, 0.1) is 0 Å². The normalized spacial score (nSPS) is 12.6. The average molecular weight is 271 g/mol. The Kier molecular flexibility index (Phi) is 2.38. The maximum atomic E-state index is 7.95. The second-order valence-corrected chi connectivity index (χ2v) is 4.07. The molecule has 0 aliphatic heterocycles. The van der Waals surface area contributed by atoms with Crippen molar-refractivity contribution < 1.29 is 4.11 Å². The summed E-state index contributed by atoms with van der Waals surface area (Å²) >= 11 is 5.96. The van der Waals surface area contributed by atoms with Crippen molar-refractivity contribution in [2.45, 2.75) is 0 Å². The molecule has 1 heterocycles. The van der Waals surface area contributed by atoms with Crippen LogP contribution in [-0.4, -0.2) is 15.0 Å². The number of benzene rings is 2. The predicted molar refractivity (Wildman–Crippen MR) is 75.7 cm³/mol. The molecule has 4 heteroatoms. The van der Waals surface area contributed by atoms with E-state index in [-0.39, 0.29) is 34.8 Å². The topological polar surface area (TPSA) is 38.7 Å².